The molecule has 1 fully saturated rings. The molecule has 0 radical (unpaired) electrons. The lowest BCUT2D eigenvalue weighted by Crippen LogP contribution is -2.61. The molecule has 0 unspecified atom stereocenters. The number of aliphatic imine (C=N–C) groups is 1. The van der Waals surface area contributed by atoms with Gasteiger partial charge < -0.3 is 20.9 Å². The number of hydrogen-bond donors (Lipinski definition) is 3. The lowest BCUT2D eigenvalue weighted by Gasteiger charge is -2.42. The second-order valence-corrected chi connectivity index (χ2v) is 6.65. The van der Waals surface area contributed by atoms with Crippen LogP contribution in [0.2, 0.25) is 0 Å². The van der Waals surface area contributed by atoms with Crippen molar-refractivity contribution in [3.8, 4) is 0 Å². The van der Waals surface area contributed by atoms with Gasteiger partial charge in [-0.2, -0.15) is 0 Å². The number of nitrogens with one attached hydrogen (secondary N) is 2. The predicted molar refractivity (Wildman–Crippen MR) is 76.7 cm³/mol. The molecule has 0 bridgehead atoms. The minimum atomic E-state index is -0.474. The molecule has 3 aliphatic rings. The summed E-state index contributed by atoms with van der Waals surface area (Å²) < 4.78 is 1.52. The number of fused-ring (bicyclic) bond motifs is 2. The number of hydrogen-bond acceptors (Lipinski definition) is 4. The summed E-state index contributed by atoms with van der Waals surface area (Å²) >= 11 is 6.88. The van der Waals surface area contributed by atoms with Crippen molar-refractivity contribution in [2.24, 2.45) is 10.7 Å². The van der Waals surface area contributed by atoms with Crippen LogP contribution in [0.4, 0.5) is 0 Å². The van der Waals surface area contributed by atoms with Crippen LogP contribution in [0, 0.1) is 0 Å². The van der Waals surface area contributed by atoms with E-state index in [1.807, 2.05) is 4.90 Å². The maximum Gasteiger partial charge on any atom is 0.258 e. The molecule has 4 rings (SSSR count). The first-order valence-corrected chi connectivity index (χ1v) is 7.63. The molecule has 19 heavy (non-hydrogen) atoms. The lowest BCUT2D eigenvalue weighted by molar-refractivity contribution is 0.0465. The third kappa shape index (κ3) is 1.26. The minimum Gasteiger partial charge on any atom is -0.370 e. The monoisotopic (exact) mass is 387 g/mol. The maximum absolute atomic E-state index is 12.7. The highest BCUT2D eigenvalue weighted by Crippen LogP contribution is 2.50. The van der Waals surface area contributed by atoms with E-state index < -0.39 is 5.66 Å². The van der Waals surface area contributed by atoms with E-state index >= 15 is 0 Å². The Bertz CT molecular complexity index is 639. The molecule has 8 heteroatoms. The zero-order valence-corrected chi connectivity index (χ0v) is 13.0. The van der Waals surface area contributed by atoms with Gasteiger partial charge in [-0.25, -0.2) is 4.99 Å². The number of aromatic nitrogens is 1. The summed E-state index contributed by atoms with van der Waals surface area (Å²) in [6, 6.07) is -0.162. The van der Waals surface area contributed by atoms with Gasteiger partial charge in [-0.3, -0.25) is 4.79 Å². The Morgan fingerprint density at radius 1 is 1.47 bits per heavy atom. The summed E-state index contributed by atoms with van der Waals surface area (Å²) in [6.07, 6.45) is 1.82. The van der Waals surface area contributed by atoms with Crippen molar-refractivity contribution >= 4 is 43.7 Å². The van der Waals surface area contributed by atoms with Gasteiger partial charge in [-0.15, -0.1) is 0 Å². The van der Waals surface area contributed by atoms with Crippen molar-refractivity contribution in [2.75, 3.05) is 6.54 Å². The molecule has 1 saturated heterocycles. The van der Waals surface area contributed by atoms with Crippen LogP contribution in [-0.2, 0) is 0 Å². The number of H-pyrrole nitrogens is 1. The number of halogens is 2. The number of amides is 1. The first-order valence-electron chi connectivity index (χ1n) is 6.05. The van der Waals surface area contributed by atoms with E-state index in [0.29, 0.717) is 11.5 Å². The second kappa shape index (κ2) is 3.54. The van der Waals surface area contributed by atoms with Gasteiger partial charge in [0.25, 0.3) is 5.91 Å². The Morgan fingerprint density at radius 3 is 3.05 bits per heavy atom. The van der Waals surface area contributed by atoms with Crippen LogP contribution in [0.25, 0.3) is 0 Å². The van der Waals surface area contributed by atoms with E-state index in [4.69, 9.17) is 5.73 Å². The van der Waals surface area contributed by atoms with Crippen molar-refractivity contribution in [3.63, 3.8) is 0 Å². The van der Waals surface area contributed by atoms with Gasteiger partial charge in [-0.1, -0.05) is 0 Å². The smallest absolute Gasteiger partial charge is 0.258 e. The van der Waals surface area contributed by atoms with Gasteiger partial charge in [0, 0.05) is 6.54 Å². The third-order valence-corrected chi connectivity index (χ3v) is 6.06. The number of aromatic amines is 1. The molecule has 100 valence electrons. The standard InChI is InChI=1S/C11H11Br2N5O/c12-5-4-6(15-8(5)13)7-11(17-10(14)16-7)2-1-3-18(11)9(4)19/h7,15H,1-3H2,(H3,14,16,17)/t7-,11+/m1/s1. The Balaban J connectivity index is 2.00. The van der Waals surface area contributed by atoms with Gasteiger partial charge in [-0.05, 0) is 44.7 Å². The molecular weight excluding hydrogens is 378 g/mol. The van der Waals surface area contributed by atoms with Crippen LogP contribution in [0.1, 0.15) is 34.9 Å². The molecule has 6 nitrogen and oxygen atoms in total. The Hall–Kier alpha value is -1.02. The predicted octanol–water partition coefficient (Wildman–Crippen LogP) is 1.44. The molecule has 0 saturated carbocycles. The van der Waals surface area contributed by atoms with Gasteiger partial charge in [0.05, 0.1) is 20.3 Å². The molecule has 4 N–H and O–H groups in total. The van der Waals surface area contributed by atoms with Crippen molar-refractivity contribution in [2.45, 2.75) is 24.5 Å². The van der Waals surface area contributed by atoms with E-state index in [2.05, 4.69) is 47.2 Å². The molecule has 1 spiro atoms. The zero-order chi connectivity index (χ0) is 13.4. The molecule has 1 aromatic rings. The van der Waals surface area contributed by atoms with E-state index in [-0.39, 0.29) is 11.9 Å². The van der Waals surface area contributed by atoms with Gasteiger partial charge in [0.15, 0.2) is 5.96 Å². The number of rotatable bonds is 0. The third-order valence-electron chi connectivity index (χ3n) is 4.14. The minimum absolute atomic E-state index is 0.0231. The number of nitrogens with two attached hydrogens (primary N) is 1. The Labute approximate surface area is 126 Å². The summed E-state index contributed by atoms with van der Waals surface area (Å²) in [5.41, 5.74) is 6.87. The fourth-order valence-corrected chi connectivity index (χ4v) is 4.32. The van der Waals surface area contributed by atoms with Crippen LogP contribution in [-0.4, -0.2) is 34.0 Å². The fraction of sp³-hybridized carbons (Fsp3) is 0.455. The van der Waals surface area contributed by atoms with Gasteiger partial charge in [0.2, 0.25) is 0 Å². The first-order chi connectivity index (χ1) is 9.04. The van der Waals surface area contributed by atoms with Gasteiger partial charge in [0.1, 0.15) is 11.7 Å². The van der Waals surface area contributed by atoms with Gasteiger partial charge >= 0.3 is 0 Å². The first kappa shape index (κ1) is 11.8. The van der Waals surface area contributed by atoms with Crippen LogP contribution >= 0.6 is 31.9 Å². The van der Waals surface area contributed by atoms with Crippen LogP contribution < -0.4 is 11.1 Å². The van der Waals surface area contributed by atoms with Crippen molar-refractivity contribution in [1.29, 1.82) is 0 Å². The zero-order valence-electron chi connectivity index (χ0n) is 9.83. The van der Waals surface area contributed by atoms with Crippen LogP contribution in [0.5, 0.6) is 0 Å². The van der Waals surface area contributed by atoms with E-state index in [0.717, 1.165) is 34.2 Å². The fourth-order valence-electron chi connectivity index (χ4n) is 3.42. The summed E-state index contributed by atoms with van der Waals surface area (Å²) in [5.74, 6) is 0.425. The van der Waals surface area contributed by atoms with Crippen molar-refractivity contribution in [3.05, 3.63) is 20.3 Å². The largest absolute Gasteiger partial charge is 0.370 e. The summed E-state index contributed by atoms with van der Waals surface area (Å²) in [6.45, 7) is 0.736. The normalized spacial score (nSPS) is 31.7. The topological polar surface area (TPSA) is 86.5 Å². The Morgan fingerprint density at radius 2 is 2.26 bits per heavy atom. The molecule has 0 aliphatic carbocycles. The van der Waals surface area contributed by atoms with Crippen molar-refractivity contribution in [1.82, 2.24) is 15.2 Å². The van der Waals surface area contributed by atoms with E-state index in [1.54, 1.807) is 0 Å². The SMILES string of the molecule is NC1=N[C@@H]2c3[nH]c(Br)c(Br)c3C(=O)N3CCC[C@@]23N1. The van der Waals surface area contributed by atoms with E-state index in [1.165, 1.54) is 0 Å². The molecule has 3 aliphatic heterocycles. The molecule has 1 aromatic heterocycles. The molecular formula is C11H11Br2N5O. The number of nitrogens with zero attached hydrogens (tertiary/aromatic N) is 2. The highest BCUT2D eigenvalue weighted by atomic mass is 79.9. The molecule has 0 aromatic carbocycles. The highest BCUT2D eigenvalue weighted by molar-refractivity contribution is 9.13. The van der Waals surface area contributed by atoms with Crippen LogP contribution in [0.3, 0.4) is 0 Å². The van der Waals surface area contributed by atoms with Crippen molar-refractivity contribution < 1.29 is 4.79 Å². The Kier molecular flexibility index (Phi) is 2.20. The number of carbonyl (C=O) groups is 1. The number of carbonyl (C=O) groups excluding carboxylic acids is 1. The summed E-state index contributed by atoms with van der Waals surface area (Å²) in [7, 11) is 0. The maximum atomic E-state index is 12.7. The van der Waals surface area contributed by atoms with Crippen LogP contribution in [0.15, 0.2) is 14.1 Å². The molecule has 2 atom stereocenters. The van der Waals surface area contributed by atoms with E-state index in [9.17, 15) is 4.79 Å². The summed E-state index contributed by atoms with van der Waals surface area (Å²) in [4.78, 5) is 22.3. The second-order valence-electron chi connectivity index (χ2n) is 5.07. The number of guanidine groups is 1. The molecule has 4 heterocycles. The average Bonchev–Trinajstić information content (AvgIpc) is 2.99. The average molecular weight is 389 g/mol. The highest BCUT2D eigenvalue weighted by Gasteiger charge is 2.58. The summed E-state index contributed by atoms with van der Waals surface area (Å²) in [5, 5.41) is 3.21. The quantitative estimate of drug-likeness (QED) is 0.628. The lowest BCUT2D eigenvalue weighted by atomic mass is 9.89. The molecule has 1 amide bonds.